The lowest BCUT2D eigenvalue weighted by atomic mass is 10.2. The van der Waals surface area contributed by atoms with Crippen molar-refractivity contribution in [2.75, 3.05) is 38.1 Å². The third kappa shape index (κ3) is 4.02. The molecule has 2 heterocycles. The zero-order valence-corrected chi connectivity index (χ0v) is 17.4. The Balaban J connectivity index is 1.83. The largest absolute Gasteiger partial charge is 0.353 e. The number of sulfone groups is 1. The molecule has 0 unspecified atom stereocenters. The predicted octanol–water partition coefficient (Wildman–Crippen LogP) is 3.04. The SMILES string of the molecule is Cc1ccc(S(=O)(=O)c2cnc(-c3ccccc3)nc2N2CCN(C)CC2)cc1. The summed E-state index contributed by atoms with van der Waals surface area (Å²) in [5, 5.41) is 0. The van der Waals surface area contributed by atoms with Gasteiger partial charge in [0.25, 0.3) is 0 Å². The van der Waals surface area contributed by atoms with Crippen molar-refractivity contribution < 1.29 is 8.42 Å². The molecular weight excluding hydrogens is 384 g/mol. The zero-order valence-electron chi connectivity index (χ0n) is 16.6. The van der Waals surface area contributed by atoms with Gasteiger partial charge in [-0.3, -0.25) is 0 Å². The first kappa shape index (κ1) is 19.5. The molecule has 0 amide bonds. The Labute approximate surface area is 171 Å². The smallest absolute Gasteiger partial charge is 0.211 e. The van der Waals surface area contributed by atoms with Gasteiger partial charge in [0, 0.05) is 31.7 Å². The normalized spacial score (nSPS) is 15.4. The monoisotopic (exact) mass is 408 g/mol. The number of hydrogen-bond donors (Lipinski definition) is 0. The zero-order chi connectivity index (χ0) is 20.4. The van der Waals surface area contributed by atoms with Crippen LogP contribution in [0.15, 0.2) is 70.6 Å². The quantitative estimate of drug-likeness (QED) is 0.661. The van der Waals surface area contributed by atoms with E-state index >= 15 is 0 Å². The van der Waals surface area contributed by atoms with Crippen LogP contribution in [0, 0.1) is 6.92 Å². The minimum atomic E-state index is -3.73. The highest BCUT2D eigenvalue weighted by Gasteiger charge is 2.28. The molecule has 0 radical (unpaired) electrons. The summed E-state index contributed by atoms with van der Waals surface area (Å²) in [6.07, 6.45) is 1.46. The van der Waals surface area contributed by atoms with Crippen molar-refractivity contribution in [1.82, 2.24) is 14.9 Å². The molecule has 6 nitrogen and oxygen atoms in total. The van der Waals surface area contributed by atoms with Gasteiger partial charge in [-0.1, -0.05) is 48.0 Å². The highest BCUT2D eigenvalue weighted by Crippen LogP contribution is 2.31. The first-order valence-corrected chi connectivity index (χ1v) is 11.1. The molecule has 0 atom stereocenters. The van der Waals surface area contributed by atoms with Crippen molar-refractivity contribution in [1.29, 1.82) is 0 Å². The van der Waals surface area contributed by atoms with Gasteiger partial charge in [0.1, 0.15) is 4.90 Å². The molecule has 0 bridgehead atoms. The van der Waals surface area contributed by atoms with E-state index in [0.29, 0.717) is 11.6 Å². The maximum Gasteiger partial charge on any atom is 0.211 e. The van der Waals surface area contributed by atoms with Crippen LogP contribution in [0.1, 0.15) is 5.56 Å². The fourth-order valence-corrected chi connectivity index (χ4v) is 4.72. The van der Waals surface area contributed by atoms with E-state index in [1.165, 1.54) is 6.20 Å². The van der Waals surface area contributed by atoms with E-state index < -0.39 is 9.84 Å². The molecule has 1 aliphatic heterocycles. The van der Waals surface area contributed by atoms with Crippen LogP contribution in [-0.4, -0.2) is 56.5 Å². The van der Waals surface area contributed by atoms with Crippen LogP contribution in [-0.2, 0) is 9.84 Å². The van der Waals surface area contributed by atoms with Crippen molar-refractivity contribution in [2.24, 2.45) is 0 Å². The van der Waals surface area contributed by atoms with Gasteiger partial charge in [-0.25, -0.2) is 18.4 Å². The first-order valence-electron chi connectivity index (χ1n) is 9.63. The van der Waals surface area contributed by atoms with E-state index in [-0.39, 0.29) is 9.79 Å². The molecule has 2 aromatic carbocycles. The second kappa shape index (κ2) is 7.93. The highest BCUT2D eigenvalue weighted by atomic mass is 32.2. The second-order valence-electron chi connectivity index (χ2n) is 7.35. The minimum absolute atomic E-state index is 0.158. The van der Waals surface area contributed by atoms with Gasteiger partial charge >= 0.3 is 0 Å². The second-order valence-corrected chi connectivity index (χ2v) is 9.27. The fourth-order valence-electron chi connectivity index (χ4n) is 3.37. The Morgan fingerprint density at radius 2 is 1.55 bits per heavy atom. The van der Waals surface area contributed by atoms with Crippen LogP contribution in [0.4, 0.5) is 5.82 Å². The molecule has 7 heteroatoms. The van der Waals surface area contributed by atoms with Crippen molar-refractivity contribution in [3.8, 4) is 11.4 Å². The third-order valence-corrected chi connectivity index (χ3v) is 6.95. The van der Waals surface area contributed by atoms with Crippen LogP contribution in [0.5, 0.6) is 0 Å². The van der Waals surface area contributed by atoms with Gasteiger partial charge in [0.15, 0.2) is 11.6 Å². The Morgan fingerprint density at radius 3 is 2.21 bits per heavy atom. The number of hydrogen-bond acceptors (Lipinski definition) is 6. The topological polar surface area (TPSA) is 66.4 Å². The number of benzene rings is 2. The molecule has 150 valence electrons. The van der Waals surface area contributed by atoms with Gasteiger partial charge in [-0.2, -0.15) is 0 Å². The van der Waals surface area contributed by atoms with Crippen molar-refractivity contribution in [3.05, 3.63) is 66.4 Å². The molecule has 3 aromatic rings. The Hall–Kier alpha value is -2.77. The summed E-state index contributed by atoms with van der Waals surface area (Å²) in [6.45, 7) is 5.09. The van der Waals surface area contributed by atoms with Crippen LogP contribution in [0.3, 0.4) is 0 Å². The number of aryl methyl sites for hydroxylation is 1. The van der Waals surface area contributed by atoms with E-state index in [9.17, 15) is 8.42 Å². The maximum absolute atomic E-state index is 13.4. The van der Waals surface area contributed by atoms with Crippen molar-refractivity contribution >= 4 is 15.7 Å². The average Bonchev–Trinajstić information content (AvgIpc) is 2.75. The summed E-state index contributed by atoms with van der Waals surface area (Å²) in [6, 6.07) is 16.5. The van der Waals surface area contributed by atoms with Crippen LogP contribution in [0.25, 0.3) is 11.4 Å². The lowest BCUT2D eigenvalue weighted by Gasteiger charge is -2.34. The Bertz CT molecular complexity index is 1090. The fraction of sp³-hybridized carbons (Fsp3) is 0.273. The van der Waals surface area contributed by atoms with Gasteiger partial charge < -0.3 is 9.80 Å². The number of nitrogens with zero attached hydrogens (tertiary/aromatic N) is 4. The van der Waals surface area contributed by atoms with Crippen LogP contribution < -0.4 is 4.90 Å². The lowest BCUT2D eigenvalue weighted by molar-refractivity contribution is 0.311. The van der Waals surface area contributed by atoms with Gasteiger partial charge in [-0.05, 0) is 26.1 Å². The van der Waals surface area contributed by atoms with Crippen LogP contribution in [0.2, 0.25) is 0 Å². The minimum Gasteiger partial charge on any atom is -0.353 e. The first-order chi connectivity index (χ1) is 13.9. The summed E-state index contributed by atoms with van der Waals surface area (Å²) in [5.41, 5.74) is 1.88. The van der Waals surface area contributed by atoms with Crippen molar-refractivity contribution in [2.45, 2.75) is 16.7 Å². The predicted molar refractivity (Wildman–Crippen MR) is 114 cm³/mol. The lowest BCUT2D eigenvalue weighted by Crippen LogP contribution is -2.45. The summed E-state index contributed by atoms with van der Waals surface area (Å²) < 4.78 is 26.8. The molecular formula is C22H24N4O2S. The van der Waals surface area contributed by atoms with E-state index in [4.69, 9.17) is 4.98 Å². The van der Waals surface area contributed by atoms with E-state index in [0.717, 1.165) is 37.3 Å². The standard InChI is InChI=1S/C22H24N4O2S/c1-17-8-10-19(11-9-17)29(27,28)20-16-23-21(18-6-4-3-5-7-18)24-22(20)26-14-12-25(2)13-15-26/h3-11,16H,12-15H2,1-2H3. The van der Waals surface area contributed by atoms with Gasteiger partial charge in [-0.15, -0.1) is 0 Å². The summed E-state index contributed by atoms with van der Waals surface area (Å²) in [4.78, 5) is 13.8. The summed E-state index contributed by atoms with van der Waals surface area (Å²) >= 11 is 0. The van der Waals surface area contributed by atoms with E-state index in [1.807, 2.05) is 49.4 Å². The van der Waals surface area contributed by atoms with Gasteiger partial charge in [0.05, 0.1) is 11.1 Å². The molecule has 1 aromatic heterocycles. The molecule has 1 aliphatic rings. The Kier molecular flexibility index (Phi) is 5.34. The number of aromatic nitrogens is 2. The van der Waals surface area contributed by atoms with Crippen LogP contribution >= 0.6 is 0 Å². The van der Waals surface area contributed by atoms with Crippen molar-refractivity contribution in [3.63, 3.8) is 0 Å². The molecule has 1 fully saturated rings. The van der Waals surface area contributed by atoms with E-state index in [2.05, 4.69) is 21.8 Å². The summed E-state index contributed by atoms with van der Waals surface area (Å²) in [7, 11) is -1.66. The number of rotatable bonds is 4. The molecule has 0 aliphatic carbocycles. The van der Waals surface area contributed by atoms with E-state index in [1.54, 1.807) is 12.1 Å². The third-order valence-electron chi connectivity index (χ3n) is 5.19. The molecule has 4 rings (SSSR count). The molecule has 0 spiro atoms. The molecule has 0 N–H and O–H groups in total. The number of piperazine rings is 1. The number of anilines is 1. The highest BCUT2D eigenvalue weighted by molar-refractivity contribution is 7.91. The summed E-state index contributed by atoms with van der Waals surface area (Å²) in [5.74, 6) is 1.01. The van der Waals surface area contributed by atoms with Gasteiger partial charge in [0.2, 0.25) is 9.84 Å². The molecule has 0 saturated carbocycles. The average molecular weight is 409 g/mol. The Morgan fingerprint density at radius 1 is 0.897 bits per heavy atom. The molecule has 29 heavy (non-hydrogen) atoms. The number of likely N-dealkylation sites (N-methyl/N-ethyl adjacent to an activating group) is 1. The molecule has 1 saturated heterocycles. The maximum atomic E-state index is 13.4.